The summed E-state index contributed by atoms with van der Waals surface area (Å²) in [6.07, 6.45) is 3.90. The van der Waals surface area contributed by atoms with Gasteiger partial charge >= 0.3 is 0 Å². The lowest BCUT2D eigenvalue weighted by Gasteiger charge is -2.21. The minimum absolute atomic E-state index is 0.148. The monoisotopic (exact) mass is 198 g/mol. The summed E-state index contributed by atoms with van der Waals surface area (Å²) < 4.78 is 5.26. The van der Waals surface area contributed by atoms with Crippen LogP contribution in [0.3, 0.4) is 0 Å². The molecule has 0 N–H and O–H groups in total. The van der Waals surface area contributed by atoms with Crippen molar-refractivity contribution in [3.63, 3.8) is 0 Å². The minimum Gasteiger partial charge on any atom is -0.469 e. The van der Waals surface area contributed by atoms with Crippen LogP contribution < -0.4 is 0 Å². The Kier molecular flexibility index (Phi) is 2.40. The molecule has 3 heteroatoms. The third kappa shape index (κ3) is 1.78. The number of Topliss-reactive ketones (excluding diaryl/α,β-unsaturated/α-hetero) is 1. The van der Waals surface area contributed by atoms with Crippen molar-refractivity contribution in [1.29, 1.82) is 0 Å². The quantitative estimate of drug-likeness (QED) is 0.650. The van der Waals surface area contributed by atoms with E-state index >= 15 is 0 Å². The molecular weight excluding hydrogens is 188 g/mol. The van der Waals surface area contributed by atoms with Crippen LogP contribution in [0.1, 0.15) is 30.9 Å². The fourth-order valence-corrected chi connectivity index (χ4v) is 1.96. The van der Waals surface area contributed by atoms with E-state index in [2.05, 4.69) is 0 Å². The molecule has 0 aliphatic heterocycles. The van der Waals surface area contributed by atoms with Crippen molar-refractivity contribution in [2.45, 2.75) is 30.6 Å². The second kappa shape index (κ2) is 3.54. The summed E-state index contributed by atoms with van der Waals surface area (Å²) in [5.74, 6) is 1.31. The molecular formula is C10H11ClO2. The van der Waals surface area contributed by atoms with Gasteiger partial charge < -0.3 is 4.42 Å². The summed E-state index contributed by atoms with van der Waals surface area (Å²) in [5.41, 5.74) is 0. The Labute approximate surface area is 81.9 Å². The summed E-state index contributed by atoms with van der Waals surface area (Å²) in [4.78, 5) is 11.3. The van der Waals surface area contributed by atoms with Gasteiger partial charge in [-0.05, 0) is 25.0 Å². The maximum absolute atomic E-state index is 11.3. The van der Waals surface area contributed by atoms with Gasteiger partial charge in [-0.2, -0.15) is 0 Å². The van der Waals surface area contributed by atoms with E-state index in [1.807, 2.05) is 12.1 Å². The molecule has 13 heavy (non-hydrogen) atoms. The van der Waals surface area contributed by atoms with Crippen LogP contribution in [-0.4, -0.2) is 11.2 Å². The van der Waals surface area contributed by atoms with E-state index in [4.69, 9.17) is 16.0 Å². The summed E-state index contributed by atoms with van der Waals surface area (Å²) in [7, 11) is 0. The first-order valence-corrected chi connectivity index (χ1v) is 4.91. The number of hydrogen-bond donors (Lipinski definition) is 0. The molecule has 0 radical (unpaired) electrons. The number of halogens is 1. The summed E-state index contributed by atoms with van der Waals surface area (Å²) in [5, 5.41) is -0.272. The molecule has 0 spiro atoms. The SMILES string of the molecule is O=C1CC(c2ccco2)CCC1Cl. The van der Waals surface area contributed by atoms with E-state index in [0.29, 0.717) is 6.42 Å². The molecule has 2 rings (SSSR count). The normalized spacial score (nSPS) is 29.2. The smallest absolute Gasteiger partial charge is 0.151 e. The van der Waals surface area contributed by atoms with Crippen LogP contribution >= 0.6 is 11.6 Å². The number of carbonyl (C=O) groups is 1. The van der Waals surface area contributed by atoms with Gasteiger partial charge in [-0.1, -0.05) is 0 Å². The van der Waals surface area contributed by atoms with Crippen molar-refractivity contribution in [3.05, 3.63) is 24.2 Å². The zero-order valence-electron chi connectivity index (χ0n) is 7.20. The van der Waals surface area contributed by atoms with Crippen LogP contribution in [0, 0.1) is 0 Å². The molecule has 0 saturated heterocycles. The van der Waals surface area contributed by atoms with Crippen LogP contribution in [0.15, 0.2) is 22.8 Å². The van der Waals surface area contributed by atoms with Crippen molar-refractivity contribution in [1.82, 2.24) is 0 Å². The first kappa shape index (κ1) is 8.82. The fraction of sp³-hybridized carbons (Fsp3) is 0.500. The van der Waals surface area contributed by atoms with Crippen LogP contribution in [-0.2, 0) is 4.79 Å². The first-order valence-electron chi connectivity index (χ1n) is 4.47. The topological polar surface area (TPSA) is 30.2 Å². The maximum atomic E-state index is 11.3. The Morgan fingerprint density at radius 2 is 2.31 bits per heavy atom. The number of rotatable bonds is 1. The predicted octanol–water partition coefficient (Wildman–Crippen LogP) is 2.72. The van der Waals surface area contributed by atoms with Crippen LogP contribution in [0.5, 0.6) is 0 Å². The molecule has 1 aromatic rings. The van der Waals surface area contributed by atoms with Gasteiger partial charge in [0.05, 0.1) is 11.6 Å². The number of ketones is 1. The zero-order valence-corrected chi connectivity index (χ0v) is 7.96. The molecule has 1 aliphatic rings. The summed E-state index contributed by atoms with van der Waals surface area (Å²) in [6.45, 7) is 0. The lowest BCUT2D eigenvalue weighted by Crippen LogP contribution is -2.23. The fourth-order valence-electron chi connectivity index (χ4n) is 1.75. The number of furan rings is 1. The molecule has 1 fully saturated rings. The van der Waals surface area contributed by atoms with Crippen molar-refractivity contribution in [2.24, 2.45) is 0 Å². The van der Waals surface area contributed by atoms with Crippen molar-refractivity contribution < 1.29 is 9.21 Å². The van der Waals surface area contributed by atoms with Crippen molar-refractivity contribution in [3.8, 4) is 0 Å². The van der Waals surface area contributed by atoms with Gasteiger partial charge in [0, 0.05) is 12.3 Å². The number of carbonyl (C=O) groups excluding carboxylic acids is 1. The molecule has 70 valence electrons. The van der Waals surface area contributed by atoms with Crippen LogP contribution in [0.4, 0.5) is 0 Å². The van der Waals surface area contributed by atoms with E-state index in [9.17, 15) is 4.79 Å². The third-order valence-corrected chi connectivity index (χ3v) is 2.97. The number of hydrogen-bond acceptors (Lipinski definition) is 2. The first-order chi connectivity index (χ1) is 6.27. The molecule has 1 aromatic heterocycles. The van der Waals surface area contributed by atoms with Crippen LogP contribution in [0.25, 0.3) is 0 Å². The van der Waals surface area contributed by atoms with Gasteiger partial charge in [0.2, 0.25) is 0 Å². The summed E-state index contributed by atoms with van der Waals surface area (Å²) >= 11 is 5.81. The Morgan fingerprint density at radius 1 is 1.46 bits per heavy atom. The van der Waals surface area contributed by atoms with Gasteiger partial charge in [0.15, 0.2) is 5.78 Å². The average molecular weight is 199 g/mol. The highest BCUT2D eigenvalue weighted by atomic mass is 35.5. The molecule has 0 amide bonds. The molecule has 2 unspecified atom stereocenters. The van der Waals surface area contributed by atoms with Crippen molar-refractivity contribution >= 4 is 17.4 Å². The highest BCUT2D eigenvalue weighted by Crippen LogP contribution is 2.32. The molecule has 1 saturated carbocycles. The van der Waals surface area contributed by atoms with E-state index in [1.165, 1.54) is 0 Å². The molecule has 1 heterocycles. The van der Waals surface area contributed by atoms with Gasteiger partial charge in [-0.25, -0.2) is 0 Å². The second-order valence-electron chi connectivity index (χ2n) is 3.43. The number of alkyl halides is 1. The zero-order chi connectivity index (χ0) is 9.26. The second-order valence-corrected chi connectivity index (χ2v) is 3.95. The Hall–Kier alpha value is -0.760. The summed E-state index contributed by atoms with van der Waals surface area (Å²) in [6, 6.07) is 3.78. The molecule has 2 nitrogen and oxygen atoms in total. The predicted molar refractivity (Wildman–Crippen MR) is 49.9 cm³/mol. The van der Waals surface area contributed by atoms with Gasteiger partial charge in [0.25, 0.3) is 0 Å². The highest BCUT2D eigenvalue weighted by molar-refractivity contribution is 6.31. The van der Waals surface area contributed by atoms with Crippen LogP contribution in [0.2, 0.25) is 0 Å². The largest absolute Gasteiger partial charge is 0.469 e. The Balaban J connectivity index is 2.08. The standard InChI is InChI=1S/C10H11ClO2/c11-8-4-3-7(6-9(8)12)10-2-1-5-13-10/h1-2,5,7-8H,3-4,6H2. The van der Waals surface area contributed by atoms with Gasteiger partial charge in [0.1, 0.15) is 5.76 Å². The Bertz CT molecular complexity index is 292. The average Bonchev–Trinajstić information content (AvgIpc) is 2.62. The van der Waals surface area contributed by atoms with E-state index in [-0.39, 0.29) is 17.1 Å². The van der Waals surface area contributed by atoms with Crippen molar-refractivity contribution in [2.75, 3.05) is 0 Å². The van der Waals surface area contributed by atoms with Gasteiger partial charge in [-0.3, -0.25) is 4.79 Å². The third-order valence-electron chi connectivity index (χ3n) is 2.51. The lowest BCUT2D eigenvalue weighted by atomic mass is 9.86. The van der Waals surface area contributed by atoms with E-state index in [0.717, 1.165) is 18.6 Å². The maximum Gasteiger partial charge on any atom is 0.151 e. The molecule has 1 aliphatic carbocycles. The van der Waals surface area contributed by atoms with Gasteiger partial charge in [-0.15, -0.1) is 11.6 Å². The molecule has 0 bridgehead atoms. The highest BCUT2D eigenvalue weighted by Gasteiger charge is 2.28. The lowest BCUT2D eigenvalue weighted by molar-refractivity contribution is -0.120. The minimum atomic E-state index is -0.272. The Morgan fingerprint density at radius 3 is 2.92 bits per heavy atom. The van der Waals surface area contributed by atoms with E-state index in [1.54, 1.807) is 6.26 Å². The molecule has 0 aromatic carbocycles. The van der Waals surface area contributed by atoms with E-state index < -0.39 is 0 Å². The molecule has 2 atom stereocenters.